The summed E-state index contributed by atoms with van der Waals surface area (Å²) >= 11 is 11.9. The number of amides is 1. The zero-order valence-corrected chi connectivity index (χ0v) is 18.3. The van der Waals surface area contributed by atoms with Crippen molar-refractivity contribution in [3.63, 3.8) is 0 Å². The standard InChI is InChI=1S/C20H20Cl2N2O5S/c21-16-5-3-13(8-17(16)22)11-30(26,27)24-7-1-2-14(10-24)20(25)23-15-4-6-18-19(9-15)29-12-28-18/h3-6,8-9,14H,1-2,7,10-12H2,(H,23,25)/t14-/m1/s1. The fraction of sp³-hybridized carbons (Fsp3) is 0.350. The summed E-state index contributed by atoms with van der Waals surface area (Å²) in [6, 6.07) is 9.92. The molecule has 0 saturated carbocycles. The summed E-state index contributed by atoms with van der Waals surface area (Å²) in [6.45, 7) is 0.679. The number of nitrogens with one attached hydrogen (secondary N) is 1. The van der Waals surface area contributed by atoms with Crippen molar-refractivity contribution in [1.82, 2.24) is 4.31 Å². The number of anilines is 1. The van der Waals surface area contributed by atoms with Crippen LogP contribution in [-0.2, 0) is 20.6 Å². The van der Waals surface area contributed by atoms with Gasteiger partial charge in [-0.25, -0.2) is 12.7 Å². The maximum Gasteiger partial charge on any atom is 0.231 e. The zero-order valence-electron chi connectivity index (χ0n) is 15.9. The molecular formula is C20H20Cl2N2O5S. The third-order valence-corrected chi connectivity index (χ3v) is 7.68. The van der Waals surface area contributed by atoms with Gasteiger partial charge < -0.3 is 14.8 Å². The Bertz CT molecular complexity index is 1080. The average Bonchev–Trinajstić information content (AvgIpc) is 3.18. The van der Waals surface area contributed by atoms with E-state index in [2.05, 4.69) is 5.32 Å². The molecule has 4 rings (SSSR count). The van der Waals surface area contributed by atoms with Crippen molar-refractivity contribution in [2.24, 2.45) is 5.92 Å². The highest BCUT2D eigenvalue weighted by Crippen LogP contribution is 2.34. The Hall–Kier alpha value is -2.00. The molecule has 1 fully saturated rings. The van der Waals surface area contributed by atoms with Crippen molar-refractivity contribution in [2.45, 2.75) is 18.6 Å². The van der Waals surface area contributed by atoms with E-state index in [-0.39, 0.29) is 25.0 Å². The van der Waals surface area contributed by atoms with Crippen molar-refractivity contribution < 1.29 is 22.7 Å². The van der Waals surface area contributed by atoms with Crippen LogP contribution >= 0.6 is 23.2 Å². The van der Waals surface area contributed by atoms with Crippen LogP contribution in [0.4, 0.5) is 5.69 Å². The summed E-state index contributed by atoms with van der Waals surface area (Å²) < 4.78 is 37.8. The van der Waals surface area contributed by atoms with Crippen molar-refractivity contribution in [1.29, 1.82) is 0 Å². The first-order valence-electron chi connectivity index (χ1n) is 9.44. The predicted octanol–water partition coefficient (Wildman–Crippen LogP) is 3.90. The number of benzene rings is 2. The van der Waals surface area contributed by atoms with Gasteiger partial charge in [0.15, 0.2) is 11.5 Å². The Morgan fingerprint density at radius 2 is 1.90 bits per heavy atom. The van der Waals surface area contributed by atoms with Crippen molar-refractivity contribution >= 4 is 44.8 Å². The van der Waals surface area contributed by atoms with Crippen LogP contribution in [0.5, 0.6) is 11.5 Å². The molecule has 0 aliphatic carbocycles. The maximum atomic E-state index is 12.9. The molecule has 1 saturated heterocycles. The number of nitrogens with zero attached hydrogens (tertiary/aromatic N) is 1. The Morgan fingerprint density at radius 3 is 2.70 bits per heavy atom. The van der Waals surface area contributed by atoms with Crippen molar-refractivity contribution in [2.75, 3.05) is 25.2 Å². The van der Waals surface area contributed by atoms with Gasteiger partial charge in [0.1, 0.15) is 0 Å². The van der Waals surface area contributed by atoms with Crippen LogP contribution < -0.4 is 14.8 Å². The lowest BCUT2D eigenvalue weighted by Gasteiger charge is -2.31. The van der Waals surface area contributed by atoms with Gasteiger partial charge in [0, 0.05) is 24.8 Å². The summed E-state index contributed by atoms with van der Waals surface area (Å²) in [5.41, 5.74) is 1.14. The molecule has 160 valence electrons. The Morgan fingerprint density at radius 1 is 1.10 bits per heavy atom. The van der Waals surface area contributed by atoms with Crippen LogP contribution in [0.3, 0.4) is 0 Å². The van der Waals surface area contributed by atoms with E-state index in [1.54, 1.807) is 36.4 Å². The fourth-order valence-corrected chi connectivity index (χ4v) is 5.48. The highest BCUT2D eigenvalue weighted by atomic mass is 35.5. The number of carbonyl (C=O) groups excluding carboxylic acids is 1. The molecule has 1 atom stereocenters. The van der Waals surface area contributed by atoms with Crippen molar-refractivity contribution in [3.8, 4) is 11.5 Å². The molecule has 2 aromatic rings. The molecule has 10 heteroatoms. The molecule has 2 aliphatic heterocycles. The lowest BCUT2D eigenvalue weighted by molar-refractivity contribution is -0.120. The van der Waals surface area contributed by atoms with E-state index in [4.69, 9.17) is 32.7 Å². The molecule has 2 aromatic carbocycles. The second kappa shape index (κ2) is 8.63. The van der Waals surface area contributed by atoms with Crippen LogP contribution in [0, 0.1) is 5.92 Å². The molecule has 0 radical (unpaired) electrons. The number of halogens is 2. The summed E-state index contributed by atoms with van der Waals surface area (Å²) in [4.78, 5) is 12.7. The SMILES string of the molecule is O=C(Nc1ccc2c(c1)OCO2)[C@@H]1CCCN(S(=O)(=O)Cc2ccc(Cl)c(Cl)c2)C1. The van der Waals surface area contributed by atoms with E-state index in [1.807, 2.05) is 0 Å². The molecule has 0 unspecified atom stereocenters. The van der Waals surface area contributed by atoms with Gasteiger partial charge in [-0.15, -0.1) is 0 Å². The second-order valence-corrected chi connectivity index (χ2v) is 10.0. The molecule has 30 heavy (non-hydrogen) atoms. The molecule has 7 nitrogen and oxygen atoms in total. The fourth-order valence-electron chi connectivity index (χ4n) is 3.56. The average molecular weight is 471 g/mol. The molecule has 1 N–H and O–H groups in total. The first kappa shape index (κ1) is 21.2. The predicted molar refractivity (Wildman–Crippen MR) is 115 cm³/mol. The minimum Gasteiger partial charge on any atom is -0.454 e. The topological polar surface area (TPSA) is 84.9 Å². The molecule has 1 amide bonds. The normalized spacial score (nSPS) is 18.9. The summed E-state index contributed by atoms with van der Waals surface area (Å²) in [5, 5.41) is 3.53. The lowest BCUT2D eigenvalue weighted by atomic mass is 9.98. The Balaban J connectivity index is 1.41. The molecule has 2 aliphatic rings. The quantitative estimate of drug-likeness (QED) is 0.715. The number of fused-ring (bicyclic) bond motifs is 1. The van der Waals surface area contributed by atoms with Crippen LogP contribution in [0.15, 0.2) is 36.4 Å². The Kier molecular flexibility index (Phi) is 6.11. The van der Waals surface area contributed by atoms with Gasteiger partial charge >= 0.3 is 0 Å². The highest BCUT2D eigenvalue weighted by Gasteiger charge is 2.32. The largest absolute Gasteiger partial charge is 0.454 e. The van der Waals surface area contributed by atoms with Gasteiger partial charge in [0.05, 0.1) is 21.7 Å². The molecule has 2 heterocycles. The second-order valence-electron chi connectivity index (χ2n) is 7.26. The number of carbonyl (C=O) groups is 1. The van der Waals surface area contributed by atoms with E-state index in [0.29, 0.717) is 52.2 Å². The van der Waals surface area contributed by atoms with Gasteiger partial charge in [-0.3, -0.25) is 4.79 Å². The van der Waals surface area contributed by atoms with E-state index in [1.165, 1.54) is 4.31 Å². The monoisotopic (exact) mass is 470 g/mol. The van der Waals surface area contributed by atoms with E-state index in [9.17, 15) is 13.2 Å². The molecule has 0 spiro atoms. The van der Waals surface area contributed by atoms with Gasteiger partial charge in [0.25, 0.3) is 0 Å². The number of sulfonamides is 1. The molecular weight excluding hydrogens is 451 g/mol. The van der Waals surface area contributed by atoms with Gasteiger partial charge in [0.2, 0.25) is 22.7 Å². The first-order valence-corrected chi connectivity index (χ1v) is 11.8. The summed E-state index contributed by atoms with van der Waals surface area (Å²) in [7, 11) is -3.60. The van der Waals surface area contributed by atoms with E-state index < -0.39 is 15.9 Å². The van der Waals surface area contributed by atoms with Crippen LogP contribution in [0.2, 0.25) is 10.0 Å². The number of piperidine rings is 1. The first-order chi connectivity index (χ1) is 14.3. The Labute approximate surface area is 184 Å². The lowest BCUT2D eigenvalue weighted by Crippen LogP contribution is -2.44. The van der Waals surface area contributed by atoms with E-state index in [0.717, 1.165) is 0 Å². The van der Waals surface area contributed by atoms with Crippen LogP contribution in [-0.4, -0.2) is 38.5 Å². The van der Waals surface area contributed by atoms with E-state index >= 15 is 0 Å². The number of hydrogen-bond donors (Lipinski definition) is 1. The smallest absolute Gasteiger partial charge is 0.231 e. The maximum absolute atomic E-state index is 12.9. The summed E-state index contributed by atoms with van der Waals surface area (Å²) in [5.74, 6) is 0.351. The van der Waals surface area contributed by atoms with Crippen LogP contribution in [0.25, 0.3) is 0 Å². The minimum absolute atomic E-state index is 0.139. The zero-order chi connectivity index (χ0) is 21.3. The third kappa shape index (κ3) is 4.67. The highest BCUT2D eigenvalue weighted by molar-refractivity contribution is 7.88. The van der Waals surface area contributed by atoms with Crippen molar-refractivity contribution in [3.05, 3.63) is 52.0 Å². The van der Waals surface area contributed by atoms with Gasteiger partial charge in [-0.1, -0.05) is 29.3 Å². The summed E-state index contributed by atoms with van der Waals surface area (Å²) in [6.07, 6.45) is 1.23. The van der Waals surface area contributed by atoms with Gasteiger partial charge in [-0.2, -0.15) is 0 Å². The number of rotatable bonds is 5. The minimum atomic E-state index is -3.60. The van der Waals surface area contributed by atoms with Gasteiger partial charge in [-0.05, 0) is 42.7 Å². The number of ether oxygens (including phenoxy) is 2. The third-order valence-electron chi connectivity index (χ3n) is 5.12. The number of hydrogen-bond acceptors (Lipinski definition) is 5. The molecule has 0 aromatic heterocycles. The van der Waals surface area contributed by atoms with Crippen LogP contribution in [0.1, 0.15) is 18.4 Å². The molecule has 0 bridgehead atoms.